The molecule has 0 atom stereocenters. The third kappa shape index (κ3) is 5.40. The number of aryl methyl sites for hydroxylation is 6. The van der Waals surface area contributed by atoms with E-state index >= 15 is 0 Å². The summed E-state index contributed by atoms with van der Waals surface area (Å²) in [6.07, 6.45) is 6.75. The summed E-state index contributed by atoms with van der Waals surface area (Å²) in [5.41, 5.74) is 17.4. The number of anilines is 2. The number of allylic oxidation sites excluding steroid dienone is 2. The number of nitrogens with zero attached hydrogens (tertiary/aromatic N) is 4. The summed E-state index contributed by atoms with van der Waals surface area (Å²) in [4.78, 5) is 5.09. The van der Waals surface area contributed by atoms with Crippen molar-refractivity contribution in [3.05, 3.63) is 117 Å². The second kappa shape index (κ2) is 11.5. The minimum atomic E-state index is 0.451. The first-order valence-corrected chi connectivity index (χ1v) is 15.5. The van der Waals surface area contributed by atoms with Crippen LogP contribution in [0.25, 0.3) is 5.69 Å². The van der Waals surface area contributed by atoms with Gasteiger partial charge in [-0.3, -0.25) is 0 Å². The van der Waals surface area contributed by atoms with Gasteiger partial charge in [0.2, 0.25) is 6.33 Å². The molecule has 4 heteroatoms. The number of para-hydroxylation sites is 1. The molecule has 0 N–H and O–H groups in total. The number of rotatable bonds is 7. The van der Waals surface area contributed by atoms with Crippen LogP contribution in [-0.4, -0.2) is 11.2 Å². The van der Waals surface area contributed by atoms with Gasteiger partial charge in [-0.05, 0) is 82.6 Å². The number of imidazole rings is 1. The van der Waals surface area contributed by atoms with Crippen molar-refractivity contribution in [1.29, 1.82) is 0 Å². The Kier molecular flexibility index (Phi) is 8.11. The number of aromatic nitrogens is 2. The van der Waals surface area contributed by atoms with Crippen LogP contribution in [-0.2, 0) is 6.54 Å². The zero-order chi connectivity index (χ0) is 30.5. The first-order chi connectivity index (χ1) is 19.9. The Morgan fingerprint density at radius 1 is 0.667 bits per heavy atom. The van der Waals surface area contributed by atoms with Crippen LogP contribution in [0.3, 0.4) is 0 Å². The smallest absolute Gasteiger partial charge is 0.249 e. The molecule has 4 aromatic rings. The summed E-state index contributed by atoms with van der Waals surface area (Å²) >= 11 is 0. The van der Waals surface area contributed by atoms with E-state index in [9.17, 15) is 0 Å². The van der Waals surface area contributed by atoms with Gasteiger partial charge in [0.15, 0.2) is 0 Å². The summed E-state index contributed by atoms with van der Waals surface area (Å²) in [6.45, 7) is 26.5. The van der Waals surface area contributed by atoms with Crippen molar-refractivity contribution in [3.8, 4) is 5.69 Å². The summed E-state index contributed by atoms with van der Waals surface area (Å²) in [5, 5.41) is 0. The molecule has 220 valence electrons. The van der Waals surface area contributed by atoms with E-state index in [4.69, 9.17) is 0 Å². The Balaban J connectivity index is 1.62. The Morgan fingerprint density at radius 2 is 1.14 bits per heavy atom. The molecule has 2 heterocycles. The molecule has 0 saturated carbocycles. The van der Waals surface area contributed by atoms with Gasteiger partial charge in [-0.25, -0.2) is 9.13 Å². The highest BCUT2D eigenvalue weighted by Gasteiger charge is 2.33. The highest BCUT2D eigenvalue weighted by Crippen LogP contribution is 2.39. The lowest BCUT2D eigenvalue weighted by atomic mass is 9.92. The monoisotopic (exact) mass is 561 g/mol. The molecule has 3 aromatic carbocycles. The van der Waals surface area contributed by atoms with E-state index in [0.717, 1.165) is 13.2 Å². The molecule has 0 bridgehead atoms. The molecule has 1 aromatic heterocycles. The van der Waals surface area contributed by atoms with Crippen LogP contribution >= 0.6 is 0 Å². The van der Waals surface area contributed by atoms with Gasteiger partial charge in [-0.2, -0.15) is 0 Å². The maximum atomic E-state index is 2.56. The van der Waals surface area contributed by atoms with Gasteiger partial charge in [0.1, 0.15) is 24.6 Å². The fourth-order valence-corrected chi connectivity index (χ4v) is 7.13. The van der Waals surface area contributed by atoms with E-state index in [1.807, 2.05) is 0 Å². The van der Waals surface area contributed by atoms with Gasteiger partial charge in [0.05, 0.1) is 12.4 Å². The van der Waals surface area contributed by atoms with E-state index in [1.54, 1.807) is 0 Å². The van der Waals surface area contributed by atoms with Gasteiger partial charge >= 0.3 is 0 Å². The molecule has 1 aliphatic heterocycles. The number of hydrogen-bond acceptors (Lipinski definition) is 2. The van der Waals surface area contributed by atoms with E-state index in [-0.39, 0.29) is 0 Å². The Morgan fingerprint density at radius 3 is 1.62 bits per heavy atom. The first kappa shape index (κ1) is 29.7. The highest BCUT2D eigenvalue weighted by molar-refractivity contribution is 5.72. The highest BCUT2D eigenvalue weighted by atomic mass is 15.4. The summed E-state index contributed by atoms with van der Waals surface area (Å²) in [5.74, 6) is 0.902. The fourth-order valence-electron chi connectivity index (χ4n) is 7.13. The average Bonchev–Trinajstić information content (AvgIpc) is 3.48. The molecule has 5 rings (SSSR count). The van der Waals surface area contributed by atoms with E-state index in [1.165, 1.54) is 73.0 Å². The van der Waals surface area contributed by atoms with Crippen molar-refractivity contribution >= 4 is 11.4 Å². The maximum Gasteiger partial charge on any atom is 0.249 e. The lowest BCUT2D eigenvalue weighted by molar-refractivity contribution is -0.688. The van der Waals surface area contributed by atoms with Gasteiger partial charge < -0.3 is 9.80 Å². The minimum absolute atomic E-state index is 0.451. The first-order valence-electron chi connectivity index (χ1n) is 15.5. The van der Waals surface area contributed by atoms with Crippen LogP contribution in [0.15, 0.2) is 72.6 Å². The van der Waals surface area contributed by atoms with E-state index in [0.29, 0.717) is 11.8 Å². The summed E-state index contributed by atoms with van der Waals surface area (Å²) < 4.78 is 4.69. The van der Waals surface area contributed by atoms with E-state index < -0.39 is 0 Å². The molecule has 0 fully saturated rings. The topological polar surface area (TPSA) is 15.3 Å². The normalized spacial score (nSPS) is 13.8. The molecule has 0 amide bonds. The lowest BCUT2D eigenvalue weighted by Gasteiger charge is -2.29. The molecule has 0 unspecified atom stereocenters. The summed E-state index contributed by atoms with van der Waals surface area (Å²) in [7, 11) is 0. The van der Waals surface area contributed by atoms with Crippen LogP contribution in [0.1, 0.15) is 91.0 Å². The average molecular weight is 562 g/mol. The molecular formula is C38H49N4+. The van der Waals surface area contributed by atoms with Crippen molar-refractivity contribution in [2.45, 2.75) is 94.5 Å². The van der Waals surface area contributed by atoms with Gasteiger partial charge in [-0.1, -0.05) is 81.3 Å². The maximum absolute atomic E-state index is 2.56. The zero-order valence-electron chi connectivity index (χ0n) is 27.6. The third-order valence-electron chi connectivity index (χ3n) is 8.87. The number of hydrogen-bond donors (Lipinski definition) is 0. The van der Waals surface area contributed by atoms with Crippen LogP contribution in [0.4, 0.5) is 11.4 Å². The standard InChI is InChI=1S/C38H49N4/c1-24(2)33-13-12-14-34(25(3)4)38(33)40-16-15-39(22-40)21-35-32(11)41(36-28(7)17-26(5)18-29(36)8)23-42(35)37-30(9)19-27(6)20-31(37)10/h12-20,22,24-25H,21,23H2,1-11H3/q+1. The molecule has 42 heavy (non-hydrogen) atoms. The molecule has 4 nitrogen and oxygen atoms in total. The predicted octanol–water partition coefficient (Wildman–Crippen LogP) is 9.08. The van der Waals surface area contributed by atoms with Crippen LogP contribution < -0.4 is 14.4 Å². The van der Waals surface area contributed by atoms with Crippen molar-refractivity contribution in [2.24, 2.45) is 0 Å². The second-order valence-corrected chi connectivity index (χ2v) is 13.1. The molecule has 0 spiro atoms. The Bertz CT molecular complexity index is 1590. The molecule has 0 saturated heterocycles. The van der Waals surface area contributed by atoms with Gasteiger partial charge in [-0.15, -0.1) is 0 Å². The SMILES string of the molecule is CC1=C(C[n+]2ccn(-c3c(C(C)C)cccc3C(C)C)c2)N(c2c(C)cc(C)cc2C)CN1c1c(C)cc(C)cc1C. The molecule has 0 aliphatic carbocycles. The molecular weight excluding hydrogens is 512 g/mol. The summed E-state index contributed by atoms with van der Waals surface area (Å²) in [6, 6.07) is 16.1. The molecule has 0 radical (unpaired) electrons. The second-order valence-electron chi connectivity index (χ2n) is 13.1. The third-order valence-corrected chi connectivity index (χ3v) is 8.87. The Labute approximate surface area is 253 Å². The minimum Gasteiger partial charge on any atom is -0.325 e. The van der Waals surface area contributed by atoms with Crippen molar-refractivity contribution < 1.29 is 4.57 Å². The van der Waals surface area contributed by atoms with Crippen molar-refractivity contribution in [3.63, 3.8) is 0 Å². The van der Waals surface area contributed by atoms with Crippen LogP contribution in [0, 0.1) is 41.5 Å². The number of benzene rings is 3. The van der Waals surface area contributed by atoms with Crippen LogP contribution in [0.2, 0.25) is 0 Å². The van der Waals surface area contributed by atoms with E-state index in [2.05, 4.69) is 156 Å². The predicted molar refractivity (Wildman–Crippen MR) is 178 cm³/mol. The van der Waals surface area contributed by atoms with Gasteiger partial charge in [0, 0.05) is 28.2 Å². The largest absolute Gasteiger partial charge is 0.325 e. The van der Waals surface area contributed by atoms with Crippen molar-refractivity contribution in [1.82, 2.24) is 4.57 Å². The lowest BCUT2D eigenvalue weighted by Crippen LogP contribution is -2.37. The van der Waals surface area contributed by atoms with Crippen molar-refractivity contribution in [2.75, 3.05) is 16.5 Å². The van der Waals surface area contributed by atoms with Gasteiger partial charge in [0.25, 0.3) is 0 Å². The quantitative estimate of drug-likeness (QED) is 0.209. The fraction of sp³-hybridized carbons (Fsp3) is 0.395. The molecule has 1 aliphatic rings. The van der Waals surface area contributed by atoms with Crippen LogP contribution in [0.5, 0.6) is 0 Å². The Hall–Kier alpha value is -3.79. The zero-order valence-corrected chi connectivity index (χ0v) is 27.6.